The van der Waals surface area contributed by atoms with Crippen molar-refractivity contribution in [3.05, 3.63) is 59.7 Å². The molecule has 4 nitrogen and oxygen atoms in total. The minimum atomic E-state index is -0.942. The molecule has 25 heavy (non-hydrogen) atoms. The molecule has 3 rings (SSSR count). The summed E-state index contributed by atoms with van der Waals surface area (Å²) in [6.07, 6.45) is 0.757. The molecular weight excluding hydrogens is 344 g/mol. The molecule has 0 aliphatic rings. The molecule has 2 N–H and O–H groups in total. The topological polar surface area (TPSA) is 57.8 Å². The van der Waals surface area contributed by atoms with Gasteiger partial charge in [-0.2, -0.15) is 0 Å². The van der Waals surface area contributed by atoms with Gasteiger partial charge >= 0.3 is 0 Å². The quantitative estimate of drug-likeness (QED) is 0.659. The number of aromatic nitrogens is 2. The Morgan fingerprint density at radius 3 is 2.72 bits per heavy atom. The number of fused-ring (bicyclic) bond motifs is 1. The predicted octanol–water partition coefficient (Wildman–Crippen LogP) is 3.68. The maximum atomic E-state index is 13.2. The van der Waals surface area contributed by atoms with Crippen molar-refractivity contribution in [3.63, 3.8) is 0 Å². The van der Waals surface area contributed by atoms with Crippen LogP contribution in [0.3, 0.4) is 0 Å². The number of imidazole rings is 1. The summed E-state index contributed by atoms with van der Waals surface area (Å²) in [6, 6.07) is 12.0. The molecule has 0 radical (unpaired) electrons. The summed E-state index contributed by atoms with van der Waals surface area (Å²) in [5, 5.41) is 2.95. The number of hydrogen-bond acceptors (Lipinski definition) is 3. The number of nitrogens with zero attached hydrogens (tertiary/aromatic N) is 1. The largest absolute Gasteiger partial charge is 0.355 e. The fraction of sp³-hybridized carbons (Fsp3) is 0.222. The molecule has 1 heterocycles. The van der Waals surface area contributed by atoms with Gasteiger partial charge in [0, 0.05) is 18.7 Å². The van der Waals surface area contributed by atoms with Crippen LogP contribution in [0, 0.1) is 11.6 Å². The zero-order chi connectivity index (χ0) is 17.8. The van der Waals surface area contributed by atoms with Gasteiger partial charge in [0.15, 0.2) is 16.8 Å². The molecule has 130 valence electrons. The Morgan fingerprint density at radius 2 is 1.96 bits per heavy atom. The first-order chi connectivity index (χ1) is 12.0. The summed E-state index contributed by atoms with van der Waals surface area (Å²) in [6.45, 7) is 2.31. The Bertz CT molecular complexity index is 844. The zero-order valence-corrected chi connectivity index (χ0v) is 14.4. The average molecular weight is 361 g/mol. The van der Waals surface area contributed by atoms with Gasteiger partial charge in [-0.3, -0.25) is 4.79 Å². The molecule has 1 amide bonds. The summed E-state index contributed by atoms with van der Waals surface area (Å²) in [4.78, 5) is 19.2. The van der Waals surface area contributed by atoms with Crippen LogP contribution in [0.15, 0.2) is 47.6 Å². The Labute approximate surface area is 148 Å². The van der Waals surface area contributed by atoms with Crippen LogP contribution in [0.2, 0.25) is 0 Å². The molecule has 2 aromatic carbocycles. The fourth-order valence-electron chi connectivity index (χ4n) is 2.38. The second-order valence-corrected chi connectivity index (χ2v) is 6.94. The molecule has 7 heteroatoms. The number of rotatable bonds is 6. The molecule has 0 saturated heterocycles. The first-order valence-electron chi connectivity index (χ1n) is 7.86. The third kappa shape index (κ3) is 4.36. The summed E-state index contributed by atoms with van der Waals surface area (Å²) < 4.78 is 26.5. The summed E-state index contributed by atoms with van der Waals surface area (Å²) in [5.41, 5.74) is 1.89. The first-order valence-corrected chi connectivity index (χ1v) is 8.74. The minimum Gasteiger partial charge on any atom is -0.355 e. The first kappa shape index (κ1) is 17.4. The number of thioether (sulfide) groups is 1. The van der Waals surface area contributed by atoms with Gasteiger partial charge in [-0.05, 0) is 18.9 Å². The van der Waals surface area contributed by atoms with Crippen molar-refractivity contribution < 1.29 is 13.6 Å². The van der Waals surface area contributed by atoms with Gasteiger partial charge in [0.1, 0.15) is 0 Å². The van der Waals surface area contributed by atoms with Crippen molar-refractivity contribution >= 4 is 28.7 Å². The lowest BCUT2D eigenvalue weighted by atomic mass is 10.1. The van der Waals surface area contributed by atoms with Gasteiger partial charge in [0.05, 0.1) is 16.3 Å². The van der Waals surface area contributed by atoms with Crippen LogP contribution >= 0.6 is 11.8 Å². The smallest absolute Gasteiger partial charge is 0.233 e. The van der Waals surface area contributed by atoms with Gasteiger partial charge in [-0.1, -0.05) is 42.1 Å². The average Bonchev–Trinajstić information content (AvgIpc) is 2.97. The molecule has 0 fully saturated rings. The van der Waals surface area contributed by atoms with Crippen molar-refractivity contribution in [3.8, 4) is 0 Å². The lowest BCUT2D eigenvalue weighted by Gasteiger charge is -2.10. The van der Waals surface area contributed by atoms with Crippen LogP contribution in [0.1, 0.15) is 12.5 Å². The standard InChI is InChI=1S/C18H17F2N3OS/c1-11(17(24)21-8-7-12-5-3-2-4-6-12)25-18-22-15-9-13(19)14(20)10-16(15)23-18/h2-6,9-11H,7-8H2,1H3,(H,21,24)(H,22,23)/t11-/m1/s1. The normalized spacial score (nSPS) is 12.3. The highest BCUT2D eigenvalue weighted by atomic mass is 32.2. The number of nitrogens with one attached hydrogen (secondary N) is 2. The van der Waals surface area contributed by atoms with E-state index in [0.717, 1.165) is 24.1 Å². The van der Waals surface area contributed by atoms with Crippen molar-refractivity contribution in [2.24, 2.45) is 0 Å². The van der Waals surface area contributed by atoms with Crippen LogP contribution in [-0.2, 0) is 11.2 Å². The second kappa shape index (κ2) is 7.65. The van der Waals surface area contributed by atoms with E-state index in [0.29, 0.717) is 22.7 Å². The molecule has 0 saturated carbocycles. The van der Waals surface area contributed by atoms with Gasteiger partial charge in [-0.25, -0.2) is 13.8 Å². The molecule has 1 aromatic heterocycles. The van der Waals surface area contributed by atoms with Crippen LogP contribution in [0.5, 0.6) is 0 Å². The van der Waals surface area contributed by atoms with Crippen molar-refractivity contribution in [1.82, 2.24) is 15.3 Å². The molecule has 0 spiro atoms. The molecule has 0 bridgehead atoms. The lowest BCUT2D eigenvalue weighted by Crippen LogP contribution is -2.32. The van der Waals surface area contributed by atoms with Crippen molar-refractivity contribution in [1.29, 1.82) is 0 Å². The Hall–Kier alpha value is -2.41. The van der Waals surface area contributed by atoms with E-state index < -0.39 is 11.6 Å². The van der Waals surface area contributed by atoms with E-state index in [2.05, 4.69) is 15.3 Å². The number of carbonyl (C=O) groups is 1. The van der Waals surface area contributed by atoms with Gasteiger partial charge in [0.25, 0.3) is 0 Å². The van der Waals surface area contributed by atoms with E-state index in [1.54, 1.807) is 6.92 Å². The SMILES string of the molecule is C[C@@H](Sc1nc2cc(F)c(F)cc2[nH]1)C(=O)NCCc1ccccc1. The van der Waals surface area contributed by atoms with E-state index in [9.17, 15) is 13.6 Å². The van der Waals surface area contributed by atoms with Gasteiger partial charge < -0.3 is 10.3 Å². The number of aromatic amines is 1. The van der Waals surface area contributed by atoms with E-state index in [1.807, 2.05) is 30.3 Å². The molecule has 1 atom stereocenters. The number of amides is 1. The fourth-order valence-corrected chi connectivity index (χ4v) is 3.22. The minimum absolute atomic E-state index is 0.112. The van der Waals surface area contributed by atoms with E-state index in [4.69, 9.17) is 0 Å². The highest BCUT2D eigenvalue weighted by Gasteiger charge is 2.17. The molecule has 0 aliphatic carbocycles. The van der Waals surface area contributed by atoms with Gasteiger partial charge in [0.2, 0.25) is 5.91 Å². The number of halogens is 2. The summed E-state index contributed by atoms with van der Waals surface area (Å²) in [7, 11) is 0. The predicted molar refractivity (Wildman–Crippen MR) is 94.5 cm³/mol. The molecule has 0 aliphatic heterocycles. The van der Waals surface area contributed by atoms with E-state index in [1.165, 1.54) is 11.8 Å². The molecule has 3 aromatic rings. The van der Waals surface area contributed by atoms with Crippen LogP contribution in [-0.4, -0.2) is 27.7 Å². The van der Waals surface area contributed by atoms with Crippen molar-refractivity contribution in [2.75, 3.05) is 6.54 Å². The Balaban J connectivity index is 1.56. The number of hydrogen-bond donors (Lipinski definition) is 2. The lowest BCUT2D eigenvalue weighted by molar-refractivity contribution is -0.120. The van der Waals surface area contributed by atoms with Crippen molar-refractivity contribution in [2.45, 2.75) is 23.8 Å². The Morgan fingerprint density at radius 1 is 1.24 bits per heavy atom. The third-order valence-corrected chi connectivity index (χ3v) is 4.70. The van der Waals surface area contributed by atoms with Gasteiger partial charge in [-0.15, -0.1) is 0 Å². The maximum absolute atomic E-state index is 13.2. The molecule has 0 unspecified atom stereocenters. The maximum Gasteiger partial charge on any atom is 0.233 e. The third-order valence-electron chi connectivity index (χ3n) is 3.72. The highest BCUT2D eigenvalue weighted by molar-refractivity contribution is 8.00. The second-order valence-electron chi connectivity index (χ2n) is 5.61. The zero-order valence-electron chi connectivity index (χ0n) is 13.6. The number of H-pyrrole nitrogens is 1. The summed E-state index contributed by atoms with van der Waals surface area (Å²) in [5.74, 6) is -1.99. The monoisotopic (exact) mass is 361 g/mol. The summed E-state index contributed by atoms with van der Waals surface area (Å²) >= 11 is 1.21. The number of carbonyl (C=O) groups excluding carboxylic acids is 1. The molecular formula is C18H17F2N3OS. The number of benzene rings is 2. The van der Waals surface area contributed by atoms with E-state index in [-0.39, 0.29) is 11.2 Å². The van der Waals surface area contributed by atoms with E-state index >= 15 is 0 Å². The highest BCUT2D eigenvalue weighted by Crippen LogP contribution is 2.24. The Kier molecular flexibility index (Phi) is 5.33. The van der Waals surface area contributed by atoms with Crippen LogP contribution in [0.25, 0.3) is 11.0 Å². The van der Waals surface area contributed by atoms with Crippen LogP contribution < -0.4 is 5.32 Å². The van der Waals surface area contributed by atoms with Crippen LogP contribution in [0.4, 0.5) is 8.78 Å².